The smallest absolute Gasteiger partial charge is 0.251 e. The lowest BCUT2D eigenvalue weighted by molar-refractivity contribution is 0.0950. The summed E-state index contributed by atoms with van der Waals surface area (Å²) in [7, 11) is -1.72. The molecule has 1 saturated heterocycles. The van der Waals surface area contributed by atoms with Gasteiger partial charge in [-0.3, -0.25) is 4.79 Å². The molecule has 0 radical (unpaired) electrons. The summed E-state index contributed by atoms with van der Waals surface area (Å²) in [5, 5.41) is 5.86. The van der Waals surface area contributed by atoms with E-state index >= 15 is 0 Å². The molecule has 0 bridgehead atoms. The van der Waals surface area contributed by atoms with E-state index in [4.69, 9.17) is 0 Å². The number of piperidine rings is 1. The van der Waals surface area contributed by atoms with E-state index in [1.807, 2.05) is 14.0 Å². The van der Waals surface area contributed by atoms with Gasteiger partial charge in [0.2, 0.25) is 10.0 Å². The number of sulfonamides is 1. The Kier molecular flexibility index (Phi) is 8.34. The van der Waals surface area contributed by atoms with Crippen LogP contribution in [0.4, 0.5) is 0 Å². The van der Waals surface area contributed by atoms with Gasteiger partial charge in [0.15, 0.2) is 0 Å². The van der Waals surface area contributed by atoms with Crippen molar-refractivity contribution >= 4 is 28.3 Å². The van der Waals surface area contributed by atoms with Crippen LogP contribution in [-0.4, -0.2) is 51.4 Å². The first-order valence-corrected chi connectivity index (χ1v) is 9.86. The molecule has 8 heteroatoms. The van der Waals surface area contributed by atoms with Gasteiger partial charge in [-0.05, 0) is 51.4 Å². The van der Waals surface area contributed by atoms with Crippen LogP contribution >= 0.6 is 12.4 Å². The van der Waals surface area contributed by atoms with Crippen molar-refractivity contribution in [3.05, 3.63) is 29.3 Å². The normalized spacial score (nSPS) is 16.8. The fourth-order valence-electron chi connectivity index (χ4n) is 2.71. The molecule has 1 unspecified atom stereocenters. The molecular formula is C17H28ClN3O3S. The van der Waals surface area contributed by atoms with Gasteiger partial charge in [0, 0.05) is 31.2 Å². The molecular weight excluding hydrogens is 362 g/mol. The highest BCUT2D eigenvalue weighted by molar-refractivity contribution is 7.89. The zero-order valence-electron chi connectivity index (χ0n) is 15.0. The number of nitrogens with zero attached hydrogens (tertiary/aromatic N) is 1. The molecule has 0 spiro atoms. The van der Waals surface area contributed by atoms with E-state index in [1.165, 1.54) is 10.4 Å². The molecule has 1 aliphatic heterocycles. The molecule has 1 fully saturated rings. The van der Waals surface area contributed by atoms with Crippen LogP contribution in [0.15, 0.2) is 23.1 Å². The summed E-state index contributed by atoms with van der Waals surface area (Å²) < 4.78 is 27.3. The summed E-state index contributed by atoms with van der Waals surface area (Å²) in [4.78, 5) is 12.5. The monoisotopic (exact) mass is 389 g/mol. The molecule has 1 aromatic carbocycles. The number of halogens is 1. The second kappa shape index (κ2) is 9.52. The number of benzene rings is 1. The van der Waals surface area contributed by atoms with Crippen molar-refractivity contribution in [3.8, 4) is 0 Å². The molecule has 1 amide bonds. The van der Waals surface area contributed by atoms with Crippen LogP contribution in [-0.2, 0) is 10.0 Å². The van der Waals surface area contributed by atoms with Gasteiger partial charge in [-0.25, -0.2) is 8.42 Å². The fourth-order valence-corrected chi connectivity index (χ4v) is 4.48. The molecule has 2 rings (SSSR count). The van der Waals surface area contributed by atoms with Gasteiger partial charge in [0.1, 0.15) is 0 Å². The average molecular weight is 390 g/mol. The molecule has 1 aromatic rings. The predicted molar refractivity (Wildman–Crippen MR) is 102 cm³/mol. The van der Waals surface area contributed by atoms with Crippen LogP contribution in [0, 0.1) is 6.92 Å². The van der Waals surface area contributed by atoms with Gasteiger partial charge in [-0.1, -0.05) is 12.5 Å². The van der Waals surface area contributed by atoms with E-state index in [9.17, 15) is 13.2 Å². The Bertz CT molecular complexity index is 688. The lowest BCUT2D eigenvalue weighted by atomic mass is 10.1. The summed E-state index contributed by atoms with van der Waals surface area (Å²) in [6.07, 6.45) is 2.85. The van der Waals surface area contributed by atoms with Gasteiger partial charge in [-0.15, -0.1) is 12.4 Å². The van der Waals surface area contributed by atoms with Crippen molar-refractivity contribution in [2.24, 2.45) is 0 Å². The van der Waals surface area contributed by atoms with Gasteiger partial charge >= 0.3 is 0 Å². The summed E-state index contributed by atoms with van der Waals surface area (Å²) in [6, 6.07) is 5.02. The second-order valence-electron chi connectivity index (χ2n) is 6.34. The van der Waals surface area contributed by atoms with E-state index in [2.05, 4.69) is 10.6 Å². The summed E-state index contributed by atoms with van der Waals surface area (Å²) >= 11 is 0. The lowest BCUT2D eigenvalue weighted by Crippen LogP contribution is -2.37. The highest BCUT2D eigenvalue weighted by atomic mass is 35.5. The van der Waals surface area contributed by atoms with Gasteiger partial charge in [0.05, 0.1) is 4.90 Å². The average Bonchev–Trinajstić information content (AvgIpc) is 2.60. The zero-order chi connectivity index (χ0) is 17.7. The highest BCUT2D eigenvalue weighted by Gasteiger charge is 2.28. The maximum atomic E-state index is 12.9. The third kappa shape index (κ3) is 5.41. The van der Waals surface area contributed by atoms with Crippen molar-refractivity contribution in [3.63, 3.8) is 0 Å². The van der Waals surface area contributed by atoms with Crippen molar-refractivity contribution in [1.29, 1.82) is 0 Å². The number of nitrogens with one attached hydrogen (secondary N) is 2. The number of rotatable bonds is 6. The Labute approximate surface area is 156 Å². The van der Waals surface area contributed by atoms with Crippen molar-refractivity contribution < 1.29 is 13.2 Å². The van der Waals surface area contributed by atoms with Crippen LogP contribution in [0.1, 0.15) is 42.1 Å². The summed E-state index contributed by atoms with van der Waals surface area (Å²) in [6.45, 7) is 5.32. The molecule has 0 saturated carbocycles. The first-order chi connectivity index (χ1) is 11.4. The summed E-state index contributed by atoms with van der Waals surface area (Å²) in [5.74, 6) is -0.257. The number of hydrogen-bond donors (Lipinski definition) is 2. The molecule has 1 atom stereocenters. The zero-order valence-corrected chi connectivity index (χ0v) is 16.7. The first-order valence-electron chi connectivity index (χ1n) is 8.42. The van der Waals surface area contributed by atoms with E-state index in [-0.39, 0.29) is 29.3 Å². The Morgan fingerprint density at radius 3 is 2.48 bits per heavy atom. The minimum atomic E-state index is -3.54. The number of hydrogen-bond acceptors (Lipinski definition) is 4. The third-order valence-corrected chi connectivity index (χ3v) is 6.49. The molecule has 2 N–H and O–H groups in total. The maximum Gasteiger partial charge on any atom is 0.251 e. The lowest BCUT2D eigenvalue weighted by Gasteiger charge is -2.26. The molecule has 1 aliphatic rings. The Morgan fingerprint density at radius 2 is 1.88 bits per heavy atom. The fraction of sp³-hybridized carbons (Fsp3) is 0.588. The van der Waals surface area contributed by atoms with Gasteiger partial charge in [0.25, 0.3) is 5.91 Å². The summed E-state index contributed by atoms with van der Waals surface area (Å²) in [5.41, 5.74) is 1.04. The quantitative estimate of drug-likeness (QED) is 0.779. The van der Waals surface area contributed by atoms with Crippen molar-refractivity contribution in [1.82, 2.24) is 14.9 Å². The molecule has 142 valence electrons. The first kappa shape index (κ1) is 21.9. The molecule has 0 aromatic heterocycles. The Hall–Kier alpha value is -1.15. The van der Waals surface area contributed by atoms with E-state index in [1.54, 1.807) is 19.1 Å². The van der Waals surface area contributed by atoms with Crippen LogP contribution in [0.2, 0.25) is 0 Å². The van der Waals surface area contributed by atoms with Crippen LogP contribution in [0.3, 0.4) is 0 Å². The molecule has 0 aliphatic carbocycles. The second-order valence-corrected chi connectivity index (χ2v) is 8.25. The minimum absolute atomic E-state index is 0. The number of aryl methyl sites for hydroxylation is 1. The molecule has 1 heterocycles. The van der Waals surface area contributed by atoms with Gasteiger partial charge in [-0.2, -0.15) is 4.31 Å². The minimum Gasteiger partial charge on any atom is -0.350 e. The number of carbonyl (C=O) groups is 1. The molecule has 6 nitrogen and oxygen atoms in total. The Morgan fingerprint density at radius 1 is 1.24 bits per heavy atom. The topological polar surface area (TPSA) is 78.5 Å². The van der Waals surface area contributed by atoms with Crippen LogP contribution < -0.4 is 10.6 Å². The van der Waals surface area contributed by atoms with E-state index in [0.717, 1.165) is 19.3 Å². The Balaban J connectivity index is 0.00000312. The van der Waals surface area contributed by atoms with Gasteiger partial charge < -0.3 is 10.6 Å². The van der Waals surface area contributed by atoms with Crippen LogP contribution in [0.5, 0.6) is 0 Å². The van der Waals surface area contributed by atoms with E-state index in [0.29, 0.717) is 30.8 Å². The number of amides is 1. The third-order valence-electron chi connectivity index (χ3n) is 4.44. The predicted octanol–water partition coefficient (Wildman–Crippen LogP) is 1.93. The van der Waals surface area contributed by atoms with E-state index < -0.39 is 10.0 Å². The largest absolute Gasteiger partial charge is 0.350 e. The van der Waals surface area contributed by atoms with Crippen LogP contribution in [0.25, 0.3) is 0 Å². The molecule has 25 heavy (non-hydrogen) atoms. The van der Waals surface area contributed by atoms with Crippen molar-refractivity contribution in [2.75, 3.05) is 26.7 Å². The maximum absolute atomic E-state index is 12.9. The SMILES string of the molecule is CNC(C)CNC(=O)c1ccc(C)c(S(=O)(=O)N2CCCCC2)c1.Cl. The highest BCUT2D eigenvalue weighted by Crippen LogP contribution is 2.24. The number of carbonyl (C=O) groups excluding carboxylic acids is 1. The van der Waals surface area contributed by atoms with Crippen molar-refractivity contribution in [2.45, 2.75) is 44.0 Å². The standard InChI is InChI=1S/C17H27N3O3S.ClH/c1-13-7-8-15(17(21)19-12-14(2)18-3)11-16(13)24(22,23)20-9-5-4-6-10-20;/h7-8,11,14,18H,4-6,9-10,12H2,1-3H3,(H,19,21);1H. The number of likely N-dealkylation sites (N-methyl/N-ethyl adjacent to an activating group) is 1.